The molecule has 0 atom stereocenters. The van der Waals surface area contributed by atoms with E-state index >= 15 is 0 Å². The van der Waals surface area contributed by atoms with E-state index in [9.17, 15) is 4.79 Å². The van der Waals surface area contributed by atoms with E-state index in [0.29, 0.717) is 15.6 Å². The van der Waals surface area contributed by atoms with Crippen LogP contribution in [0, 0.1) is 0 Å². The van der Waals surface area contributed by atoms with E-state index in [-0.39, 0.29) is 12.3 Å². The van der Waals surface area contributed by atoms with Crippen LogP contribution in [0.15, 0.2) is 23.3 Å². The molecule has 0 spiro atoms. The van der Waals surface area contributed by atoms with Crippen LogP contribution in [0.3, 0.4) is 0 Å². The first-order valence-electron chi connectivity index (χ1n) is 3.64. The molecule has 0 aliphatic rings. The van der Waals surface area contributed by atoms with Crippen LogP contribution in [-0.4, -0.2) is 12.3 Å². The number of Topliss-reactive ketones (excluding diaryl/α,β-unsaturated/α-hetero) is 1. The molecule has 0 unspecified atom stereocenters. The summed E-state index contributed by atoms with van der Waals surface area (Å²) < 4.78 is 0. The third kappa shape index (κ3) is 2.64. The SMILES string of the molecule is [N-]=[N+]=NCC(=O)c1ccc(Cl)c(Cl)c1. The van der Waals surface area contributed by atoms with E-state index in [1.807, 2.05) is 0 Å². The summed E-state index contributed by atoms with van der Waals surface area (Å²) >= 11 is 11.4. The molecule has 0 saturated heterocycles. The lowest BCUT2D eigenvalue weighted by atomic mass is 10.1. The summed E-state index contributed by atoms with van der Waals surface area (Å²) in [5, 5.41) is 3.84. The van der Waals surface area contributed by atoms with E-state index in [2.05, 4.69) is 10.0 Å². The van der Waals surface area contributed by atoms with Crippen molar-refractivity contribution in [3.8, 4) is 0 Å². The molecule has 0 heterocycles. The number of rotatable bonds is 3. The Hall–Kier alpha value is -1.22. The maximum Gasteiger partial charge on any atom is 0.168 e. The molecule has 6 heteroatoms. The lowest BCUT2D eigenvalue weighted by molar-refractivity contribution is 0.100. The van der Waals surface area contributed by atoms with Gasteiger partial charge in [-0.25, -0.2) is 0 Å². The molecule has 0 radical (unpaired) electrons. The van der Waals surface area contributed by atoms with Crippen LogP contribution in [0.2, 0.25) is 10.0 Å². The van der Waals surface area contributed by atoms with Crippen LogP contribution >= 0.6 is 23.2 Å². The number of hydrogen-bond donors (Lipinski definition) is 0. The fourth-order valence-corrected chi connectivity index (χ4v) is 1.15. The molecule has 0 aliphatic carbocycles. The highest BCUT2D eigenvalue weighted by molar-refractivity contribution is 6.42. The Morgan fingerprint density at radius 2 is 2.14 bits per heavy atom. The molecule has 4 nitrogen and oxygen atoms in total. The standard InChI is InChI=1S/C8H5Cl2N3O/c9-6-2-1-5(3-7(6)10)8(14)4-12-13-11/h1-3H,4H2. The van der Waals surface area contributed by atoms with Crippen molar-refractivity contribution in [1.82, 2.24) is 0 Å². The Bertz CT molecular complexity index is 413. The third-order valence-electron chi connectivity index (χ3n) is 1.52. The van der Waals surface area contributed by atoms with Crippen molar-refractivity contribution < 1.29 is 4.79 Å². The van der Waals surface area contributed by atoms with Crippen LogP contribution in [0.4, 0.5) is 0 Å². The van der Waals surface area contributed by atoms with Crippen molar-refractivity contribution in [1.29, 1.82) is 0 Å². The minimum Gasteiger partial charge on any atom is -0.294 e. The van der Waals surface area contributed by atoms with Gasteiger partial charge < -0.3 is 0 Å². The normalized spacial score (nSPS) is 9.29. The van der Waals surface area contributed by atoms with Crippen molar-refractivity contribution in [2.24, 2.45) is 5.11 Å². The number of azide groups is 1. The smallest absolute Gasteiger partial charge is 0.168 e. The molecule has 1 aromatic rings. The first-order valence-corrected chi connectivity index (χ1v) is 4.40. The van der Waals surface area contributed by atoms with Crippen LogP contribution < -0.4 is 0 Å². The zero-order valence-electron chi connectivity index (χ0n) is 6.94. The predicted octanol–water partition coefficient (Wildman–Crippen LogP) is 3.49. The van der Waals surface area contributed by atoms with Crippen molar-refractivity contribution in [2.75, 3.05) is 6.54 Å². The zero-order chi connectivity index (χ0) is 10.6. The molecule has 0 aliphatic heterocycles. The largest absolute Gasteiger partial charge is 0.294 e. The second kappa shape index (κ2) is 4.86. The highest BCUT2D eigenvalue weighted by atomic mass is 35.5. The lowest BCUT2D eigenvalue weighted by Gasteiger charge is -1.99. The molecule has 14 heavy (non-hydrogen) atoms. The van der Waals surface area contributed by atoms with Gasteiger partial charge in [-0.05, 0) is 23.7 Å². The average molecular weight is 230 g/mol. The monoisotopic (exact) mass is 229 g/mol. The number of benzene rings is 1. The highest BCUT2D eigenvalue weighted by Crippen LogP contribution is 2.22. The summed E-state index contributed by atoms with van der Waals surface area (Å²) in [5.74, 6) is -0.290. The van der Waals surface area contributed by atoms with E-state index < -0.39 is 0 Å². The number of halogens is 2. The topological polar surface area (TPSA) is 65.8 Å². The van der Waals surface area contributed by atoms with E-state index in [1.165, 1.54) is 18.2 Å². The van der Waals surface area contributed by atoms with Crippen LogP contribution in [0.1, 0.15) is 10.4 Å². The minimum absolute atomic E-state index is 0.214. The molecule has 72 valence electrons. The first kappa shape index (κ1) is 10.9. The van der Waals surface area contributed by atoms with Crippen molar-refractivity contribution >= 4 is 29.0 Å². The second-order valence-corrected chi connectivity index (χ2v) is 3.26. The average Bonchev–Trinajstić information content (AvgIpc) is 2.18. The minimum atomic E-state index is -0.290. The molecule has 0 amide bonds. The van der Waals surface area contributed by atoms with Gasteiger partial charge in [0, 0.05) is 10.5 Å². The molecule has 1 rings (SSSR count). The molecule has 0 N–H and O–H groups in total. The lowest BCUT2D eigenvalue weighted by Crippen LogP contribution is -2.02. The summed E-state index contributed by atoms with van der Waals surface area (Å²) in [6, 6.07) is 4.50. The summed E-state index contributed by atoms with van der Waals surface area (Å²) in [5.41, 5.74) is 8.40. The predicted molar refractivity (Wildman–Crippen MR) is 54.8 cm³/mol. The molecule has 1 aromatic carbocycles. The molecule has 0 saturated carbocycles. The number of carbonyl (C=O) groups excluding carboxylic acids is 1. The van der Waals surface area contributed by atoms with Gasteiger partial charge in [-0.15, -0.1) is 0 Å². The van der Waals surface area contributed by atoms with Gasteiger partial charge in [0.15, 0.2) is 5.78 Å². The highest BCUT2D eigenvalue weighted by Gasteiger charge is 2.06. The van der Waals surface area contributed by atoms with Crippen molar-refractivity contribution in [3.63, 3.8) is 0 Å². The maximum atomic E-state index is 11.3. The maximum absolute atomic E-state index is 11.3. The summed E-state index contributed by atoms with van der Waals surface area (Å²) in [4.78, 5) is 13.8. The van der Waals surface area contributed by atoms with E-state index in [4.69, 9.17) is 28.7 Å². The van der Waals surface area contributed by atoms with Crippen molar-refractivity contribution in [2.45, 2.75) is 0 Å². The fraction of sp³-hybridized carbons (Fsp3) is 0.125. The molecular formula is C8H5Cl2N3O. The van der Waals surface area contributed by atoms with Gasteiger partial charge >= 0.3 is 0 Å². The Morgan fingerprint density at radius 1 is 1.43 bits per heavy atom. The van der Waals surface area contributed by atoms with E-state index in [1.54, 1.807) is 0 Å². The quantitative estimate of drug-likeness (QED) is 0.339. The molecular weight excluding hydrogens is 225 g/mol. The molecule has 0 bridgehead atoms. The third-order valence-corrected chi connectivity index (χ3v) is 2.26. The van der Waals surface area contributed by atoms with E-state index in [0.717, 1.165) is 0 Å². The number of nitrogens with zero attached hydrogens (tertiary/aromatic N) is 3. The van der Waals surface area contributed by atoms with Crippen molar-refractivity contribution in [3.05, 3.63) is 44.3 Å². The Kier molecular flexibility index (Phi) is 3.77. The first-order chi connectivity index (χ1) is 6.65. The zero-order valence-corrected chi connectivity index (χ0v) is 8.46. The molecule has 0 fully saturated rings. The van der Waals surface area contributed by atoms with Gasteiger partial charge in [0.1, 0.15) is 0 Å². The van der Waals surface area contributed by atoms with Gasteiger partial charge in [-0.2, -0.15) is 0 Å². The Labute approximate surface area is 90.1 Å². The van der Waals surface area contributed by atoms with Crippen LogP contribution in [0.25, 0.3) is 10.4 Å². The van der Waals surface area contributed by atoms with Gasteiger partial charge in [0.05, 0.1) is 16.6 Å². The van der Waals surface area contributed by atoms with Gasteiger partial charge in [0.25, 0.3) is 0 Å². The Morgan fingerprint density at radius 3 is 2.71 bits per heavy atom. The van der Waals surface area contributed by atoms with Crippen LogP contribution in [-0.2, 0) is 0 Å². The van der Waals surface area contributed by atoms with Gasteiger partial charge in [-0.3, -0.25) is 4.79 Å². The summed E-state index contributed by atoms with van der Waals surface area (Å²) in [6.45, 7) is -0.214. The fourth-order valence-electron chi connectivity index (χ4n) is 0.857. The van der Waals surface area contributed by atoms with Gasteiger partial charge in [-0.1, -0.05) is 28.3 Å². The van der Waals surface area contributed by atoms with Crippen LogP contribution in [0.5, 0.6) is 0 Å². The number of ketones is 1. The molecule has 0 aromatic heterocycles. The number of carbonyl (C=O) groups is 1. The summed E-state index contributed by atoms with van der Waals surface area (Å²) in [6.07, 6.45) is 0. The Balaban J connectivity index is 2.91. The van der Waals surface area contributed by atoms with Gasteiger partial charge in [0.2, 0.25) is 0 Å². The number of hydrogen-bond acceptors (Lipinski definition) is 2. The second-order valence-electron chi connectivity index (χ2n) is 2.44. The summed E-state index contributed by atoms with van der Waals surface area (Å²) in [7, 11) is 0.